The third-order valence-electron chi connectivity index (χ3n) is 2.18. The predicted molar refractivity (Wildman–Crippen MR) is 61.8 cm³/mol. The number of rotatable bonds is 7. The van der Waals surface area contributed by atoms with Crippen molar-refractivity contribution in [3.05, 3.63) is 0 Å². The largest absolute Gasteiger partial charge is 0.466 e. The van der Waals surface area contributed by atoms with E-state index in [2.05, 4.69) is 14.8 Å². The lowest BCUT2D eigenvalue weighted by Gasteiger charge is -2.09. The number of carbonyl (C=O) groups is 3. The second-order valence-corrected chi connectivity index (χ2v) is 3.56. The molecule has 18 heavy (non-hydrogen) atoms. The lowest BCUT2D eigenvalue weighted by molar-refractivity contribution is -0.147. The topological polar surface area (TPSA) is 90.9 Å². The summed E-state index contributed by atoms with van der Waals surface area (Å²) in [5, 5.41) is 2.33. The van der Waals surface area contributed by atoms with Crippen LogP contribution in [0.15, 0.2) is 0 Å². The molecule has 7 nitrogen and oxygen atoms in total. The van der Waals surface area contributed by atoms with E-state index < -0.39 is 18.7 Å². The van der Waals surface area contributed by atoms with E-state index >= 15 is 0 Å². The number of ether oxygens (including phenoxy) is 3. The average Bonchev–Trinajstić information content (AvgIpc) is 2.39. The van der Waals surface area contributed by atoms with Gasteiger partial charge in [0, 0.05) is 0 Å². The van der Waals surface area contributed by atoms with E-state index in [1.807, 2.05) is 6.92 Å². The van der Waals surface area contributed by atoms with Crippen LogP contribution in [0.4, 0.5) is 4.79 Å². The Morgan fingerprint density at radius 3 is 2.44 bits per heavy atom. The molecular weight excluding hydrogens is 242 g/mol. The smallest absolute Gasteiger partial charge is 0.407 e. The maximum absolute atomic E-state index is 11.2. The zero-order chi connectivity index (χ0) is 14.0. The van der Waals surface area contributed by atoms with Gasteiger partial charge in [0.25, 0.3) is 0 Å². The van der Waals surface area contributed by atoms with Gasteiger partial charge in [-0.25, -0.2) is 9.59 Å². The molecule has 1 unspecified atom stereocenters. The molecular formula is C11H19NO6. The van der Waals surface area contributed by atoms with Gasteiger partial charge in [-0.05, 0) is 6.42 Å². The fourth-order valence-corrected chi connectivity index (χ4v) is 0.848. The Labute approximate surface area is 106 Å². The van der Waals surface area contributed by atoms with E-state index in [1.54, 1.807) is 6.92 Å². The fraction of sp³-hybridized carbons (Fsp3) is 0.727. The van der Waals surface area contributed by atoms with Gasteiger partial charge in [0.1, 0.15) is 6.61 Å². The summed E-state index contributed by atoms with van der Waals surface area (Å²) < 4.78 is 13.7. The number of alkyl carbamates (subject to hydrolysis) is 1. The van der Waals surface area contributed by atoms with E-state index in [1.165, 1.54) is 7.11 Å². The zero-order valence-corrected chi connectivity index (χ0v) is 10.9. The number of amides is 1. The molecule has 0 saturated heterocycles. The lowest BCUT2D eigenvalue weighted by atomic mass is 10.1. The highest BCUT2D eigenvalue weighted by Crippen LogP contribution is 2.02. The van der Waals surface area contributed by atoms with Crippen molar-refractivity contribution in [2.45, 2.75) is 20.3 Å². The summed E-state index contributed by atoms with van der Waals surface area (Å²) in [5.74, 6) is -1.10. The molecule has 0 fully saturated rings. The van der Waals surface area contributed by atoms with Crippen molar-refractivity contribution in [3.63, 3.8) is 0 Å². The van der Waals surface area contributed by atoms with Crippen LogP contribution in [0, 0.1) is 5.92 Å². The van der Waals surface area contributed by atoms with Crippen LogP contribution in [0.3, 0.4) is 0 Å². The van der Waals surface area contributed by atoms with Crippen LogP contribution in [-0.4, -0.2) is 44.9 Å². The number of esters is 2. The first-order valence-corrected chi connectivity index (χ1v) is 5.65. The highest BCUT2D eigenvalue weighted by atomic mass is 16.6. The summed E-state index contributed by atoms with van der Waals surface area (Å²) in [4.78, 5) is 32.9. The molecule has 1 atom stereocenters. The van der Waals surface area contributed by atoms with Gasteiger partial charge in [-0.15, -0.1) is 0 Å². The van der Waals surface area contributed by atoms with Crippen LogP contribution >= 0.6 is 0 Å². The van der Waals surface area contributed by atoms with E-state index in [0.29, 0.717) is 6.42 Å². The molecule has 104 valence electrons. The highest BCUT2D eigenvalue weighted by Gasteiger charge is 2.11. The molecule has 0 spiro atoms. The van der Waals surface area contributed by atoms with Gasteiger partial charge in [-0.1, -0.05) is 13.8 Å². The van der Waals surface area contributed by atoms with Crippen molar-refractivity contribution >= 4 is 18.0 Å². The minimum absolute atomic E-state index is 0.0660. The van der Waals surface area contributed by atoms with Crippen LogP contribution in [0.1, 0.15) is 20.3 Å². The highest BCUT2D eigenvalue weighted by molar-refractivity contribution is 5.75. The molecule has 0 heterocycles. The Morgan fingerprint density at radius 1 is 1.22 bits per heavy atom. The fourth-order valence-electron chi connectivity index (χ4n) is 0.848. The van der Waals surface area contributed by atoms with Gasteiger partial charge in [0.2, 0.25) is 0 Å². The van der Waals surface area contributed by atoms with Crippen molar-refractivity contribution in [1.29, 1.82) is 0 Å². The first kappa shape index (κ1) is 16.2. The van der Waals surface area contributed by atoms with E-state index in [0.717, 1.165) is 0 Å². The van der Waals surface area contributed by atoms with Gasteiger partial charge in [0.05, 0.1) is 19.6 Å². The van der Waals surface area contributed by atoms with Gasteiger partial charge < -0.3 is 19.5 Å². The maximum Gasteiger partial charge on any atom is 0.407 e. The Bertz CT molecular complexity index is 291. The molecule has 1 amide bonds. The second-order valence-electron chi connectivity index (χ2n) is 3.56. The van der Waals surface area contributed by atoms with Crippen LogP contribution in [0.25, 0.3) is 0 Å². The summed E-state index contributed by atoms with van der Waals surface area (Å²) in [6.45, 7) is 3.39. The number of methoxy groups -OCH3 is 1. The van der Waals surface area contributed by atoms with Crippen molar-refractivity contribution in [1.82, 2.24) is 5.32 Å². The minimum Gasteiger partial charge on any atom is -0.466 e. The van der Waals surface area contributed by atoms with Crippen LogP contribution < -0.4 is 5.32 Å². The van der Waals surface area contributed by atoms with Gasteiger partial charge in [-0.2, -0.15) is 0 Å². The van der Waals surface area contributed by atoms with Crippen molar-refractivity contribution in [2.24, 2.45) is 5.92 Å². The second kappa shape index (κ2) is 9.26. The van der Waals surface area contributed by atoms with Crippen molar-refractivity contribution < 1.29 is 28.6 Å². The summed E-state index contributed by atoms with van der Waals surface area (Å²) in [6.07, 6.45) is -0.0621. The Kier molecular flexibility index (Phi) is 8.34. The summed E-state index contributed by atoms with van der Waals surface area (Å²) in [6, 6.07) is 0. The first-order valence-electron chi connectivity index (χ1n) is 5.65. The molecule has 0 aliphatic heterocycles. The van der Waals surface area contributed by atoms with E-state index in [9.17, 15) is 14.4 Å². The Morgan fingerprint density at radius 2 is 1.89 bits per heavy atom. The molecule has 0 aromatic rings. The molecule has 1 N–H and O–H groups in total. The summed E-state index contributed by atoms with van der Waals surface area (Å²) in [7, 11) is 1.19. The Hall–Kier alpha value is -1.79. The van der Waals surface area contributed by atoms with Gasteiger partial charge in [0.15, 0.2) is 6.61 Å². The van der Waals surface area contributed by atoms with E-state index in [4.69, 9.17) is 4.74 Å². The molecule has 0 bridgehead atoms. The number of nitrogens with one attached hydrogen (secondary N) is 1. The Balaban J connectivity index is 3.57. The van der Waals surface area contributed by atoms with Gasteiger partial charge in [-0.3, -0.25) is 4.79 Å². The van der Waals surface area contributed by atoms with Crippen LogP contribution in [0.5, 0.6) is 0 Å². The quantitative estimate of drug-likeness (QED) is 0.407. The normalized spacial score (nSPS) is 11.3. The SMILES string of the molecule is CCC(C)C(=O)OCCNC(=O)OCC(=O)OC. The van der Waals surface area contributed by atoms with Crippen LogP contribution in [0.2, 0.25) is 0 Å². The molecule has 0 radical (unpaired) electrons. The van der Waals surface area contributed by atoms with E-state index in [-0.39, 0.29) is 25.0 Å². The molecule has 0 saturated carbocycles. The third kappa shape index (κ3) is 7.48. The zero-order valence-electron chi connectivity index (χ0n) is 10.9. The molecule has 0 aliphatic carbocycles. The molecule has 0 aromatic carbocycles. The first-order chi connectivity index (χ1) is 8.51. The number of carbonyl (C=O) groups excluding carboxylic acids is 3. The standard InChI is InChI=1S/C11H19NO6/c1-4-8(2)10(14)17-6-5-12-11(15)18-7-9(13)16-3/h8H,4-7H2,1-3H3,(H,12,15). The molecule has 0 aliphatic rings. The molecule has 7 heteroatoms. The van der Waals surface area contributed by atoms with Crippen molar-refractivity contribution in [2.75, 3.05) is 26.9 Å². The number of hydrogen-bond acceptors (Lipinski definition) is 6. The lowest BCUT2D eigenvalue weighted by Crippen LogP contribution is -2.30. The summed E-state index contributed by atoms with van der Waals surface area (Å²) in [5.41, 5.74) is 0. The third-order valence-corrected chi connectivity index (χ3v) is 2.18. The molecule has 0 rings (SSSR count). The average molecular weight is 261 g/mol. The van der Waals surface area contributed by atoms with Crippen LogP contribution in [-0.2, 0) is 23.8 Å². The monoisotopic (exact) mass is 261 g/mol. The minimum atomic E-state index is -0.764. The summed E-state index contributed by atoms with van der Waals surface area (Å²) >= 11 is 0. The van der Waals surface area contributed by atoms with Gasteiger partial charge >= 0.3 is 18.0 Å². The predicted octanol–water partition coefficient (Wildman–Crippen LogP) is 0.475. The maximum atomic E-state index is 11.2. The van der Waals surface area contributed by atoms with Crippen molar-refractivity contribution in [3.8, 4) is 0 Å². The number of hydrogen-bond donors (Lipinski definition) is 1. The molecule has 0 aromatic heterocycles.